The maximum absolute atomic E-state index is 11.9. The molecule has 0 aliphatic heterocycles. The molecule has 2 rings (SSSR count). The second-order valence-electron chi connectivity index (χ2n) is 5.09. The zero-order valence-corrected chi connectivity index (χ0v) is 11.7. The molecule has 0 spiro atoms. The number of hydrogen-bond donors (Lipinski definition) is 2. The summed E-state index contributed by atoms with van der Waals surface area (Å²) in [7, 11) is 0. The molecule has 1 amide bonds. The van der Waals surface area contributed by atoms with Gasteiger partial charge in [0.15, 0.2) is 0 Å². The van der Waals surface area contributed by atoms with Crippen molar-refractivity contribution in [1.29, 1.82) is 0 Å². The van der Waals surface area contributed by atoms with E-state index in [0.29, 0.717) is 24.4 Å². The molecule has 1 aromatic rings. The molecule has 0 atom stereocenters. The van der Waals surface area contributed by atoms with Crippen LogP contribution in [-0.2, 0) is 0 Å². The van der Waals surface area contributed by atoms with E-state index in [1.54, 1.807) is 18.3 Å². The summed E-state index contributed by atoms with van der Waals surface area (Å²) >= 11 is 0. The molecule has 1 aromatic heterocycles. The number of ether oxygens (including phenoxy) is 1. The second kappa shape index (κ2) is 7.85. The van der Waals surface area contributed by atoms with Crippen LogP contribution in [0.4, 0.5) is 0 Å². The van der Waals surface area contributed by atoms with Crippen molar-refractivity contribution < 1.29 is 14.6 Å². The van der Waals surface area contributed by atoms with Crippen LogP contribution >= 0.6 is 0 Å². The average molecular weight is 278 g/mol. The third-order valence-corrected chi connectivity index (χ3v) is 3.46. The zero-order chi connectivity index (χ0) is 14.2. The van der Waals surface area contributed by atoms with Gasteiger partial charge in [0.1, 0.15) is 6.10 Å². The summed E-state index contributed by atoms with van der Waals surface area (Å²) in [6.07, 6.45) is 8.19. The van der Waals surface area contributed by atoms with Gasteiger partial charge in [-0.1, -0.05) is 6.42 Å². The standard InChI is InChI=1S/C15H22N2O3/c18-10-4-8-17-15(19)12-7-9-16-14(11-12)20-13-5-2-1-3-6-13/h7,9,11,13,18H,1-6,8,10H2,(H,17,19). The first kappa shape index (κ1) is 14.8. The molecule has 0 bridgehead atoms. The maximum Gasteiger partial charge on any atom is 0.251 e. The first-order valence-electron chi connectivity index (χ1n) is 7.31. The molecule has 5 heteroatoms. The van der Waals surface area contributed by atoms with Gasteiger partial charge in [0, 0.05) is 31.0 Å². The van der Waals surface area contributed by atoms with E-state index in [2.05, 4.69) is 10.3 Å². The van der Waals surface area contributed by atoms with Crippen molar-refractivity contribution in [2.24, 2.45) is 0 Å². The Kier molecular flexibility index (Phi) is 5.80. The topological polar surface area (TPSA) is 71.5 Å². The van der Waals surface area contributed by atoms with E-state index in [-0.39, 0.29) is 18.6 Å². The number of pyridine rings is 1. The van der Waals surface area contributed by atoms with Crippen molar-refractivity contribution in [3.8, 4) is 5.88 Å². The van der Waals surface area contributed by atoms with Crippen molar-refractivity contribution in [2.45, 2.75) is 44.6 Å². The Morgan fingerprint density at radius 3 is 2.95 bits per heavy atom. The van der Waals surface area contributed by atoms with E-state index in [9.17, 15) is 4.79 Å². The van der Waals surface area contributed by atoms with Crippen molar-refractivity contribution in [3.05, 3.63) is 23.9 Å². The molecule has 1 fully saturated rings. The minimum absolute atomic E-state index is 0.0761. The minimum Gasteiger partial charge on any atom is -0.474 e. The van der Waals surface area contributed by atoms with Crippen LogP contribution < -0.4 is 10.1 Å². The fraction of sp³-hybridized carbons (Fsp3) is 0.600. The number of carbonyl (C=O) groups is 1. The average Bonchev–Trinajstić information content (AvgIpc) is 2.49. The number of nitrogens with one attached hydrogen (secondary N) is 1. The van der Waals surface area contributed by atoms with Gasteiger partial charge in [0.05, 0.1) is 0 Å². The van der Waals surface area contributed by atoms with Gasteiger partial charge in [-0.15, -0.1) is 0 Å². The molecule has 1 saturated carbocycles. The van der Waals surface area contributed by atoms with Gasteiger partial charge in [0.2, 0.25) is 5.88 Å². The van der Waals surface area contributed by atoms with Crippen molar-refractivity contribution >= 4 is 5.91 Å². The number of hydrogen-bond acceptors (Lipinski definition) is 4. The van der Waals surface area contributed by atoms with Crippen molar-refractivity contribution in [3.63, 3.8) is 0 Å². The predicted molar refractivity (Wildman–Crippen MR) is 75.8 cm³/mol. The van der Waals surface area contributed by atoms with Gasteiger partial charge in [0.25, 0.3) is 5.91 Å². The van der Waals surface area contributed by atoms with Crippen LogP contribution in [0.25, 0.3) is 0 Å². The van der Waals surface area contributed by atoms with Crippen LogP contribution in [0.5, 0.6) is 5.88 Å². The van der Waals surface area contributed by atoms with E-state index in [4.69, 9.17) is 9.84 Å². The van der Waals surface area contributed by atoms with Gasteiger partial charge in [-0.25, -0.2) is 4.98 Å². The number of nitrogens with zero attached hydrogens (tertiary/aromatic N) is 1. The van der Waals surface area contributed by atoms with Gasteiger partial charge in [-0.2, -0.15) is 0 Å². The lowest BCUT2D eigenvalue weighted by atomic mass is 9.98. The molecule has 1 heterocycles. The minimum atomic E-state index is -0.158. The van der Waals surface area contributed by atoms with E-state index in [1.807, 2.05) is 0 Å². The lowest BCUT2D eigenvalue weighted by Crippen LogP contribution is -2.25. The summed E-state index contributed by atoms with van der Waals surface area (Å²) in [6.45, 7) is 0.545. The number of aliphatic hydroxyl groups excluding tert-OH is 1. The molecular weight excluding hydrogens is 256 g/mol. The first-order valence-corrected chi connectivity index (χ1v) is 7.31. The molecule has 0 unspecified atom stereocenters. The van der Waals surface area contributed by atoms with Crippen LogP contribution in [0, 0.1) is 0 Å². The van der Waals surface area contributed by atoms with E-state index in [1.165, 1.54) is 19.3 Å². The summed E-state index contributed by atoms with van der Waals surface area (Å²) in [5.74, 6) is 0.362. The lowest BCUT2D eigenvalue weighted by molar-refractivity contribution is 0.0949. The van der Waals surface area contributed by atoms with Crippen LogP contribution in [0.15, 0.2) is 18.3 Å². The second-order valence-corrected chi connectivity index (χ2v) is 5.09. The summed E-state index contributed by atoms with van der Waals surface area (Å²) in [6, 6.07) is 3.35. The van der Waals surface area contributed by atoms with Crippen LogP contribution in [0.3, 0.4) is 0 Å². The predicted octanol–water partition coefficient (Wildman–Crippen LogP) is 1.91. The highest BCUT2D eigenvalue weighted by molar-refractivity contribution is 5.94. The van der Waals surface area contributed by atoms with Crippen molar-refractivity contribution in [2.75, 3.05) is 13.2 Å². The highest BCUT2D eigenvalue weighted by Crippen LogP contribution is 2.22. The Bertz CT molecular complexity index is 431. The first-order chi connectivity index (χ1) is 9.79. The smallest absolute Gasteiger partial charge is 0.251 e. The summed E-state index contributed by atoms with van der Waals surface area (Å²) in [5.41, 5.74) is 0.545. The molecule has 1 aliphatic rings. The van der Waals surface area contributed by atoms with E-state index < -0.39 is 0 Å². The molecular formula is C15H22N2O3. The number of carbonyl (C=O) groups excluding carboxylic acids is 1. The van der Waals surface area contributed by atoms with Crippen LogP contribution in [-0.4, -0.2) is 35.3 Å². The zero-order valence-electron chi connectivity index (χ0n) is 11.7. The number of aromatic nitrogens is 1. The third kappa shape index (κ3) is 4.49. The molecule has 0 saturated heterocycles. The van der Waals surface area contributed by atoms with Gasteiger partial charge in [-0.3, -0.25) is 4.79 Å². The van der Waals surface area contributed by atoms with Gasteiger partial charge >= 0.3 is 0 Å². The van der Waals surface area contributed by atoms with Gasteiger partial charge < -0.3 is 15.2 Å². The Hall–Kier alpha value is -1.62. The third-order valence-electron chi connectivity index (χ3n) is 3.46. The molecule has 2 N–H and O–H groups in total. The highest BCUT2D eigenvalue weighted by Gasteiger charge is 2.16. The van der Waals surface area contributed by atoms with Gasteiger partial charge in [-0.05, 0) is 38.2 Å². The molecule has 0 radical (unpaired) electrons. The number of amides is 1. The van der Waals surface area contributed by atoms with Crippen molar-refractivity contribution in [1.82, 2.24) is 10.3 Å². The van der Waals surface area contributed by atoms with Crippen LogP contribution in [0.1, 0.15) is 48.9 Å². The van der Waals surface area contributed by atoms with E-state index in [0.717, 1.165) is 12.8 Å². The Morgan fingerprint density at radius 1 is 1.40 bits per heavy atom. The largest absolute Gasteiger partial charge is 0.474 e. The monoisotopic (exact) mass is 278 g/mol. The Morgan fingerprint density at radius 2 is 2.20 bits per heavy atom. The summed E-state index contributed by atoms with van der Waals surface area (Å²) in [4.78, 5) is 16.1. The fourth-order valence-corrected chi connectivity index (χ4v) is 2.35. The van der Waals surface area contributed by atoms with Crippen LogP contribution in [0.2, 0.25) is 0 Å². The molecule has 110 valence electrons. The Labute approximate surface area is 119 Å². The highest BCUT2D eigenvalue weighted by atomic mass is 16.5. The normalized spacial score (nSPS) is 15.8. The molecule has 1 aliphatic carbocycles. The maximum atomic E-state index is 11.9. The molecule has 20 heavy (non-hydrogen) atoms. The Balaban J connectivity index is 1.91. The summed E-state index contributed by atoms with van der Waals surface area (Å²) < 4.78 is 5.84. The quantitative estimate of drug-likeness (QED) is 0.780. The van der Waals surface area contributed by atoms with E-state index >= 15 is 0 Å². The summed E-state index contributed by atoms with van der Waals surface area (Å²) in [5, 5.41) is 11.4. The number of aliphatic hydroxyl groups is 1. The molecule has 0 aromatic carbocycles. The SMILES string of the molecule is O=C(NCCCO)c1ccnc(OC2CCCCC2)c1. The lowest BCUT2D eigenvalue weighted by Gasteiger charge is -2.22. The fourth-order valence-electron chi connectivity index (χ4n) is 2.35. The molecule has 5 nitrogen and oxygen atoms in total. The number of rotatable bonds is 6.